The highest BCUT2D eigenvalue weighted by atomic mass is 35.5. The van der Waals surface area contributed by atoms with Gasteiger partial charge in [0.2, 0.25) is 11.8 Å². The normalized spacial score (nSPS) is 14.1. The lowest BCUT2D eigenvalue weighted by Gasteiger charge is -2.35. The first-order chi connectivity index (χ1) is 23.2. The zero-order valence-electron chi connectivity index (χ0n) is 27.3. The van der Waals surface area contributed by atoms with E-state index in [1.807, 2.05) is 67.6 Å². The average molecular weight is 688 g/mol. The number of amides is 2. The zero-order chi connectivity index (χ0) is 34.1. The topological polar surface area (TPSA) is 96.0 Å². The summed E-state index contributed by atoms with van der Waals surface area (Å²) >= 11 is 6.39. The predicted octanol–water partition coefficient (Wildman–Crippen LogP) is 6.94. The van der Waals surface area contributed by atoms with E-state index in [4.69, 9.17) is 16.3 Å². The van der Waals surface area contributed by atoms with Crippen LogP contribution in [0.2, 0.25) is 5.02 Å². The number of nitrogens with one attached hydrogen (secondary N) is 1. The minimum absolute atomic E-state index is 0.00779. The molecule has 5 rings (SSSR count). The molecule has 0 radical (unpaired) electrons. The Morgan fingerprint density at radius 1 is 0.875 bits per heavy atom. The maximum atomic E-state index is 14.7. The third-order valence-electron chi connectivity index (χ3n) is 8.72. The molecule has 1 atom stereocenters. The molecule has 0 saturated heterocycles. The van der Waals surface area contributed by atoms with E-state index in [-0.39, 0.29) is 46.3 Å². The van der Waals surface area contributed by atoms with E-state index in [0.29, 0.717) is 0 Å². The average Bonchev–Trinajstić information content (AvgIpc) is 3.10. The van der Waals surface area contributed by atoms with Crippen LogP contribution in [0.25, 0.3) is 0 Å². The van der Waals surface area contributed by atoms with Crippen molar-refractivity contribution in [3.8, 4) is 5.75 Å². The van der Waals surface area contributed by atoms with Crippen molar-refractivity contribution < 1.29 is 22.7 Å². The molecule has 48 heavy (non-hydrogen) atoms. The molecule has 1 fully saturated rings. The fourth-order valence-electron chi connectivity index (χ4n) is 6.09. The number of benzene rings is 4. The van der Waals surface area contributed by atoms with Gasteiger partial charge in [0.1, 0.15) is 18.3 Å². The molecule has 2 amide bonds. The molecule has 1 aliphatic rings. The van der Waals surface area contributed by atoms with Crippen LogP contribution < -0.4 is 14.4 Å². The molecule has 4 aromatic carbocycles. The third kappa shape index (κ3) is 8.76. The summed E-state index contributed by atoms with van der Waals surface area (Å²) in [7, 11) is -2.87. The third-order valence-corrected chi connectivity index (χ3v) is 10.7. The number of methoxy groups -OCH3 is 1. The quantitative estimate of drug-likeness (QED) is 0.164. The summed E-state index contributed by atoms with van der Waals surface area (Å²) in [6.45, 7) is 1.37. The molecular formula is C38H42ClN3O5S. The largest absolute Gasteiger partial charge is 0.495 e. The molecule has 8 nitrogen and oxygen atoms in total. The number of anilines is 1. The van der Waals surface area contributed by atoms with Gasteiger partial charge in [-0.15, -0.1) is 0 Å². The second kappa shape index (κ2) is 16.2. The maximum Gasteiger partial charge on any atom is 0.264 e. The number of sulfonamides is 1. The van der Waals surface area contributed by atoms with Crippen LogP contribution in [-0.4, -0.2) is 50.9 Å². The van der Waals surface area contributed by atoms with Gasteiger partial charge in [-0.25, -0.2) is 8.42 Å². The van der Waals surface area contributed by atoms with E-state index in [0.717, 1.165) is 53.1 Å². The number of carbonyl (C=O) groups excluding carboxylic acids is 2. The molecule has 0 unspecified atom stereocenters. The van der Waals surface area contributed by atoms with Crippen molar-refractivity contribution in [1.82, 2.24) is 10.2 Å². The summed E-state index contributed by atoms with van der Waals surface area (Å²) in [5.74, 6) is -0.576. The van der Waals surface area contributed by atoms with Crippen LogP contribution in [0, 0.1) is 6.92 Å². The second-order valence-electron chi connectivity index (χ2n) is 12.2. The van der Waals surface area contributed by atoms with Crippen molar-refractivity contribution in [2.45, 2.75) is 69.0 Å². The summed E-state index contributed by atoms with van der Waals surface area (Å²) in [6.07, 6.45) is 5.23. The number of hydrogen-bond donors (Lipinski definition) is 1. The van der Waals surface area contributed by atoms with Gasteiger partial charge in [0.05, 0.1) is 17.7 Å². The van der Waals surface area contributed by atoms with Crippen molar-refractivity contribution in [2.24, 2.45) is 0 Å². The summed E-state index contributed by atoms with van der Waals surface area (Å²) < 4.78 is 35.3. The van der Waals surface area contributed by atoms with Crippen LogP contribution in [-0.2, 0) is 32.6 Å². The van der Waals surface area contributed by atoms with E-state index in [9.17, 15) is 18.0 Å². The Bertz CT molecular complexity index is 1780. The van der Waals surface area contributed by atoms with E-state index < -0.39 is 28.5 Å². The minimum Gasteiger partial charge on any atom is -0.495 e. The van der Waals surface area contributed by atoms with Crippen LogP contribution in [0.5, 0.6) is 5.75 Å². The summed E-state index contributed by atoms with van der Waals surface area (Å²) in [4.78, 5) is 30.5. The lowest BCUT2D eigenvalue weighted by atomic mass is 9.94. The number of aryl methyl sites for hydroxylation is 1. The molecule has 252 valence electrons. The van der Waals surface area contributed by atoms with E-state index in [2.05, 4.69) is 5.32 Å². The van der Waals surface area contributed by atoms with Crippen LogP contribution >= 0.6 is 11.6 Å². The summed E-state index contributed by atoms with van der Waals surface area (Å²) in [5.41, 5.74) is 2.69. The molecule has 10 heteroatoms. The molecule has 1 N–H and O–H groups in total. The Balaban J connectivity index is 1.59. The van der Waals surface area contributed by atoms with Crippen LogP contribution in [0.4, 0.5) is 5.69 Å². The standard InChI is InChI=1S/C38H42ClN3O5S/c1-28-18-21-33(22-19-28)48(45,46)42(34-25-31(39)20-23-36(34)47-2)27-37(43)41(26-30-14-8-4-9-15-30)35(24-29-12-6-3-7-13-29)38(44)40-32-16-10-5-11-17-32/h3-4,6-9,12-15,18-23,25,32,35H,5,10-11,16-17,24,26-27H2,1-2H3,(H,40,44)/t35-/m1/s1. The van der Waals surface area contributed by atoms with Crippen molar-refractivity contribution in [3.05, 3.63) is 125 Å². The molecule has 0 aromatic heterocycles. The van der Waals surface area contributed by atoms with Gasteiger partial charge in [0.25, 0.3) is 10.0 Å². The van der Waals surface area contributed by atoms with Crippen molar-refractivity contribution in [1.29, 1.82) is 0 Å². The highest BCUT2D eigenvalue weighted by Gasteiger charge is 2.36. The van der Waals surface area contributed by atoms with Crippen molar-refractivity contribution in [2.75, 3.05) is 18.0 Å². The fourth-order valence-corrected chi connectivity index (χ4v) is 7.67. The van der Waals surface area contributed by atoms with E-state index in [1.165, 1.54) is 30.2 Å². The minimum atomic E-state index is -4.30. The first-order valence-corrected chi connectivity index (χ1v) is 18.1. The van der Waals surface area contributed by atoms with E-state index >= 15 is 0 Å². The van der Waals surface area contributed by atoms with Crippen LogP contribution in [0.1, 0.15) is 48.8 Å². The van der Waals surface area contributed by atoms with E-state index in [1.54, 1.807) is 24.3 Å². The van der Waals surface area contributed by atoms with Gasteiger partial charge in [-0.3, -0.25) is 13.9 Å². The lowest BCUT2D eigenvalue weighted by molar-refractivity contribution is -0.140. The Kier molecular flexibility index (Phi) is 11.8. The van der Waals surface area contributed by atoms with Gasteiger partial charge in [0, 0.05) is 24.0 Å². The number of rotatable bonds is 13. The Hall–Kier alpha value is -4.34. The number of halogens is 1. The molecule has 4 aromatic rings. The molecule has 0 heterocycles. The first-order valence-electron chi connectivity index (χ1n) is 16.3. The monoisotopic (exact) mass is 687 g/mol. The SMILES string of the molecule is COc1ccc(Cl)cc1N(CC(=O)N(Cc1ccccc1)[C@H](Cc1ccccc1)C(=O)NC1CCCCC1)S(=O)(=O)c1ccc(C)cc1. The molecular weight excluding hydrogens is 646 g/mol. The van der Waals surface area contributed by atoms with Crippen LogP contribution in [0.15, 0.2) is 108 Å². The molecule has 0 spiro atoms. The number of nitrogens with zero attached hydrogens (tertiary/aromatic N) is 2. The highest BCUT2D eigenvalue weighted by molar-refractivity contribution is 7.92. The number of hydrogen-bond acceptors (Lipinski definition) is 5. The first kappa shape index (κ1) is 35.0. The smallest absolute Gasteiger partial charge is 0.264 e. The fraction of sp³-hybridized carbons (Fsp3) is 0.316. The Morgan fingerprint density at radius 3 is 2.12 bits per heavy atom. The Morgan fingerprint density at radius 2 is 1.50 bits per heavy atom. The molecule has 0 bridgehead atoms. The van der Waals surface area contributed by atoms with Crippen molar-refractivity contribution >= 4 is 39.1 Å². The number of ether oxygens (including phenoxy) is 1. The van der Waals surface area contributed by atoms with Crippen molar-refractivity contribution in [3.63, 3.8) is 0 Å². The van der Waals surface area contributed by atoms with Gasteiger partial charge in [-0.1, -0.05) is 109 Å². The Labute approximate surface area is 288 Å². The van der Waals surface area contributed by atoms with Gasteiger partial charge < -0.3 is 15.0 Å². The molecule has 1 saturated carbocycles. The van der Waals surface area contributed by atoms with Crippen LogP contribution in [0.3, 0.4) is 0 Å². The highest BCUT2D eigenvalue weighted by Crippen LogP contribution is 2.35. The predicted molar refractivity (Wildman–Crippen MR) is 190 cm³/mol. The lowest BCUT2D eigenvalue weighted by Crippen LogP contribution is -2.55. The zero-order valence-corrected chi connectivity index (χ0v) is 28.9. The second-order valence-corrected chi connectivity index (χ2v) is 14.5. The van der Waals surface area contributed by atoms with Gasteiger partial charge in [-0.2, -0.15) is 0 Å². The van der Waals surface area contributed by atoms with Gasteiger partial charge >= 0.3 is 0 Å². The maximum absolute atomic E-state index is 14.7. The summed E-state index contributed by atoms with van der Waals surface area (Å²) in [6, 6.07) is 29.1. The molecule has 1 aliphatic carbocycles. The summed E-state index contributed by atoms with van der Waals surface area (Å²) in [5, 5.41) is 3.51. The number of carbonyl (C=O) groups is 2. The van der Waals surface area contributed by atoms with Gasteiger partial charge in [0.15, 0.2) is 0 Å². The van der Waals surface area contributed by atoms with Gasteiger partial charge in [-0.05, 0) is 61.2 Å². The molecule has 0 aliphatic heterocycles.